The zero-order chi connectivity index (χ0) is 20.2. The maximum atomic E-state index is 12.8. The lowest BCUT2D eigenvalue weighted by Gasteiger charge is -2.44. The fourth-order valence-electron chi connectivity index (χ4n) is 4.16. The molecule has 2 saturated heterocycles. The molecule has 1 N–H and O–H groups in total. The minimum atomic E-state index is -0.0383. The van der Waals surface area contributed by atoms with Crippen LogP contribution in [0.5, 0.6) is 0 Å². The number of nitrogens with zero attached hydrogens (tertiary/aromatic N) is 4. The number of amides is 2. The summed E-state index contributed by atoms with van der Waals surface area (Å²) in [7, 11) is 0. The van der Waals surface area contributed by atoms with Gasteiger partial charge in [-0.1, -0.05) is 0 Å². The Hall–Kier alpha value is -2.51. The normalized spacial score (nSPS) is 21.2. The SMILES string of the molecule is Cc1ccnc(-c2ccc(NC(=O)N3CCN(C4CCOCC4)C[C@H]3C)cc2)n1. The predicted octanol–water partition coefficient (Wildman–Crippen LogP) is 3.17. The van der Waals surface area contributed by atoms with E-state index in [1.54, 1.807) is 6.20 Å². The fourth-order valence-corrected chi connectivity index (χ4v) is 4.16. The highest BCUT2D eigenvalue weighted by Crippen LogP contribution is 2.21. The van der Waals surface area contributed by atoms with Crippen molar-refractivity contribution in [2.75, 3.05) is 38.2 Å². The summed E-state index contributed by atoms with van der Waals surface area (Å²) in [5, 5.41) is 3.03. The Kier molecular flexibility index (Phi) is 6.06. The summed E-state index contributed by atoms with van der Waals surface area (Å²) in [5.41, 5.74) is 2.65. The van der Waals surface area contributed by atoms with Gasteiger partial charge in [-0.05, 0) is 57.0 Å². The summed E-state index contributed by atoms with van der Waals surface area (Å²) < 4.78 is 5.48. The molecule has 29 heavy (non-hydrogen) atoms. The van der Waals surface area contributed by atoms with Crippen LogP contribution in [0.25, 0.3) is 11.4 Å². The number of nitrogens with one attached hydrogen (secondary N) is 1. The monoisotopic (exact) mass is 395 g/mol. The number of piperazine rings is 1. The Morgan fingerprint density at radius 1 is 1.14 bits per heavy atom. The molecule has 0 bridgehead atoms. The van der Waals surface area contributed by atoms with Crippen molar-refractivity contribution in [2.45, 2.75) is 38.8 Å². The third-order valence-corrected chi connectivity index (χ3v) is 5.82. The van der Waals surface area contributed by atoms with Crippen LogP contribution < -0.4 is 5.32 Å². The van der Waals surface area contributed by atoms with E-state index in [2.05, 4.69) is 27.1 Å². The van der Waals surface area contributed by atoms with Crippen LogP contribution in [0, 0.1) is 6.92 Å². The van der Waals surface area contributed by atoms with Gasteiger partial charge in [0.2, 0.25) is 0 Å². The van der Waals surface area contributed by atoms with Gasteiger partial charge in [0.25, 0.3) is 0 Å². The zero-order valence-electron chi connectivity index (χ0n) is 17.2. The molecule has 154 valence electrons. The summed E-state index contributed by atoms with van der Waals surface area (Å²) in [4.78, 5) is 26.0. The molecule has 7 heteroatoms. The van der Waals surface area contributed by atoms with Crippen LogP contribution in [0.3, 0.4) is 0 Å². The molecular formula is C22H29N5O2. The van der Waals surface area contributed by atoms with Gasteiger partial charge in [-0.3, -0.25) is 4.90 Å². The average Bonchev–Trinajstić information content (AvgIpc) is 2.75. The van der Waals surface area contributed by atoms with Gasteiger partial charge in [-0.15, -0.1) is 0 Å². The van der Waals surface area contributed by atoms with Crippen LogP contribution in [-0.2, 0) is 4.74 Å². The van der Waals surface area contributed by atoms with E-state index in [4.69, 9.17) is 4.74 Å². The number of anilines is 1. The first kappa shape index (κ1) is 19.8. The predicted molar refractivity (Wildman–Crippen MR) is 113 cm³/mol. The molecule has 1 aromatic heterocycles. The van der Waals surface area contributed by atoms with Gasteiger partial charge in [-0.2, -0.15) is 0 Å². The second-order valence-electron chi connectivity index (χ2n) is 7.91. The van der Waals surface area contributed by atoms with Gasteiger partial charge in [0.1, 0.15) is 0 Å². The highest BCUT2D eigenvalue weighted by molar-refractivity contribution is 5.89. The van der Waals surface area contributed by atoms with Crippen molar-refractivity contribution < 1.29 is 9.53 Å². The molecule has 1 atom stereocenters. The molecule has 0 spiro atoms. The van der Waals surface area contributed by atoms with E-state index in [1.807, 2.05) is 42.2 Å². The third-order valence-electron chi connectivity index (χ3n) is 5.82. The number of hydrogen-bond donors (Lipinski definition) is 1. The van der Waals surface area contributed by atoms with E-state index in [1.165, 1.54) is 0 Å². The van der Waals surface area contributed by atoms with Crippen molar-refractivity contribution >= 4 is 11.7 Å². The lowest BCUT2D eigenvalue weighted by Crippen LogP contribution is -2.58. The topological polar surface area (TPSA) is 70.6 Å². The van der Waals surface area contributed by atoms with Crippen LogP contribution >= 0.6 is 0 Å². The van der Waals surface area contributed by atoms with Gasteiger partial charge in [0, 0.05) is 68.1 Å². The molecule has 0 radical (unpaired) electrons. The minimum absolute atomic E-state index is 0.0383. The maximum absolute atomic E-state index is 12.8. The number of rotatable bonds is 3. The van der Waals surface area contributed by atoms with Gasteiger partial charge < -0.3 is 15.0 Å². The Morgan fingerprint density at radius 2 is 1.90 bits per heavy atom. The number of benzene rings is 1. The van der Waals surface area contributed by atoms with Crippen LogP contribution in [0.15, 0.2) is 36.5 Å². The lowest BCUT2D eigenvalue weighted by molar-refractivity contribution is 0.00816. The standard InChI is InChI=1S/C22H29N5O2/c1-16-7-10-23-21(24-16)18-3-5-19(6-4-18)25-22(28)27-12-11-26(15-17(27)2)20-8-13-29-14-9-20/h3-7,10,17,20H,8-9,11-15H2,1-2H3,(H,25,28)/t17-/m1/s1. The number of carbonyl (C=O) groups excluding carboxylic acids is 1. The van der Waals surface area contributed by atoms with Gasteiger partial charge in [-0.25, -0.2) is 14.8 Å². The summed E-state index contributed by atoms with van der Waals surface area (Å²) in [6, 6.07) is 10.3. The number of aromatic nitrogens is 2. The van der Waals surface area contributed by atoms with Crippen molar-refractivity contribution in [3.05, 3.63) is 42.2 Å². The molecule has 0 unspecified atom stereocenters. The van der Waals surface area contributed by atoms with Crippen LogP contribution in [0.2, 0.25) is 0 Å². The smallest absolute Gasteiger partial charge is 0.322 e. The second-order valence-corrected chi connectivity index (χ2v) is 7.91. The fraction of sp³-hybridized carbons (Fsp3) is 0.500. The van der Waals surface area contributed by atoms with Crippen molar-refractivity contribution in [3.63, 3.8) is 0 Å². The Bertz CT molecular complexity index is 835. The molecule has 0 saturated carbocycles. The summed E-state index contributed by atoms with van der Waals surface area (Å²) in [6.07, 6.45) is 3.95. The molecule has 0 aliphatic carbocycles. The average molecular weight is 396 g/mol. The highest BCUT2D eigenvalue weighted by atomic mass is 16.5. The van der Waals surface area contributed by atoms with Gasteiger partial charge >= 0.3 is 6.03 Å². The first-order chi connectivity index (χ1) is 14.1. The molecule has 3 heterocycles. The van der Waals surface area contributed by atoms with Crippen LogP contribution in [-0.4, -0.2) is 70.7 Å². The first-order valence-corrected chi connectivity index (χ1v) is 10.4. The summed E-state index contributed by atoms with van der Waals surface area (Å²) in [5.74, 6) is 0.695. The van der Waals surface area contributed by atoms with Crippen LogP contribution in [0.1, 0.15) is 25.5 Å². The molecule has 4 rings (SSSR count). The van der Waals surface area contributed by atoms with E-state index in [9.17, 15) is 4.79 Å². The Balaban J connectivity index is 1.34. The van der Waals surface area contributed by atoms with E-state index in [-0.39, 0.29) is 12.1 Å². The second kappa shape index (κ2) is 8.88. The summed E-state index contributed by atoms with van der Waals surface area (Å²) in [6.45, 7) is 8.37. The highest BCUT2D eigenvalue weighted by Gasteiger charge is 2.31. The van der Waals surface area contributed by atoms with E-state index in [0.29, 0.717) is 11.9 Å². The van der Waals surface area contributed by atoms with Crippen molar-refractivity contribution in [2.24, 2.45) is 0 Å². The molecule has 2 aromatic rings. The number of ether oxygens (including phenoxy) is 1. The number of carbonyl (C=O) groups is 1. The van der Waals surface area contributed by atoms with E-state index in [0.717, 1.165) is 62.6 Å². The Morgan fingerprint density at radius 3 is 2.59 bits per heavy atom. The zero-order valence-corrected chi connectivity index (χ0v) is 17.2. The molecule has 2 aliphatic heterocycles. The number of urea groups is 1. The lowest BCUT2D eigenvalue weighted by atomic mass is 10.0. The largest absolute Gasteiger partial charge is 0.381 e. The van der Waals surface area contributed by atoms with Crippen molar-refractivity contribution in [1.29, 1.82) is 0 Å². The molecule has 2 fully saturated rings. The minimum Gasteiger partial charge on any atom is -0.381 e. The Labute approximate surface area is 172 Å². The van der Waals surface area contributed by atoms with E-state index < -0.39 is 0 Å². The molecule has 2 aliphatic rings. The van der Waals surface area contributed by atoms with Crippen molar-refractivity contribution in [1.82, 2.24) is 19.8 Å². The van der Waals surface area contributed by atoms with Gasteiger partial charge in [0.15, 0.2) is 5.82 Å². The first-order valence-electron chi connectivity index (χ1n) is 10.4. The third kappa shape index (κ3) is 4.74. The van der Waals surface area contributed by atoms with Gasteiger partial charge in [0.05, 0.1) is 0 Å². The molecular weight excluding hydrogens is 366 g/mol. The van der Waals surface area contributed by atoms with Crippen molar-refractivity contribution in [3.8, 4) is 11.4 Å². The molecule has 2 amide bonds. The number of aryl methyl sites for hydroxylation is 1. The number of hydrogen-bond acceptors (Lipinski definition) is 5. The quantitative estimate of drug-likeness (QED) is 0.864. The summed E-state index contributed by atoms with van der Waals surface area (Å²) >= 11 is 0. The van der Waals surface area contributed by atoms with E-state index >= 15 is 0 Å². The van der Waals surface area contributed by atoms with Crippen LogP contribution in [0.4, 0.5) is 10.5 Å². The molecule has 1 aromatic carbocycles. The molecule has 7 nitrogen and oxygen atoms in total. The maximum Gasteiger partial charge on any atom is 0.322 e.